The molecule has 0 spiro atoms. The number of carbonyl (C=O) groups is 1. The van der Waals surface area contributed by atoms with Gasteiger partial charge in [-0.1, -0.05) is 6.07 Å². The molecule has 6 nitrogen and oxygen atoms in total. The Morgan fingerprint density at radius 2 is 1.83 bits per heavy atom. The zero-order valence-electron chi connectivity index (χ0n) is 18.1. The maximum atomic E-state index is 13.1. The third kappa shape index (κ3) is 4.68. The van der Waals surface area contributed by atoms with Gasteiger partial charge in [-0.15, -0.1) is 0 Å². The van der Waals surface area contributed by atoms with Gasteiger partial charge in [-0.3, -0.25) is 4.79 Å². The lowest BCUT2D eigenvalue weighted by Crippen LogP contribution is -2.46. The van der Waals surface area contributed by atoms with Crippen molar-refractivity contribution in [3.63, 3.8) is 0 Å². The largest absolute Gasteiger partial charge is 0.494 e. The monoisotopic (exact) mass is 430 g/mol. The minimum absolute atomic E-state index is 0.0511. The molecule has 0 radical (unpaired) electrons. The molecule has 2 aromatic rings. The number of benzene rings is 2. The maximum absolute atomic E-state index is 13.1. The van der Waals surface area contributed by atoms with Crippen molar-refractivity contribution in [2.24, 2.45) is 5.92 Å². The lowest BCUT2D eigenvalue weighted by atomic mass is 9.98. The van der Waals surface area contributed by atoms with Crippen molar-refractivity contribution < 1.29 is 17.9 Å². The van der Waals surface area contributed by atoms with E-state index in [-0.39, 0.29) is 23.3 Å². The van der Waals surface area contributed by atoms with E-state index in [1.54, 1.807) is 36.2 Å². The van der Waals surface area contributed by atoms with Crippen LogP contribution in [0.25, 0.3) is 0 Å². The molecule has 0 aromatic heterocycles. The molecule has 1 fully saturated rings. The third-order valence-corrected chi connectivity index (χ3v) is 7.59. The van der Waals surface area contributed by atoms with Crippen LogP contribution in [0.5, 0.6) is 5.75 Å². The molecule has 1 amide bonds. The number of piperidine rings is 1. The molecule has 2 aromatic carbocycles. The first-order chi connectivity index (χ1) is 14.2. The van der Waals surface area contributed by atoms with Crippen LogP contribution in [0.4, 0.5) is 5.69 Å². The van der Waals surface area contributed by atoms with E-state index in [9.17, 15) is 13.2 Å². The van der Waals surface area contributed by atoms with Crippen molar-refractivity contribution in [1.82, 2.24) is 4.31 Å². The third-order valence-electron chi connectivity index (χ3n) is 5.71. The summed E-state index contributed by atoms with van der Waals surface area (Å²) in [7, 11) is -1.90. The summed E-state index contributed by atoms with van der Waals surface area (Å²) in [4.78, 5) is 15.0. The number of carbonyl (C=O) groups excluding carboxylic acids is 1. The Labute approximate surface area is 179 Å². The molecule has 1 aliphatic heterocycles. The van der Waals surface area contributed by atoms with Gasteiger partial charge in [0.15, 0.2) is 0 Å². The highest BCUT2D eigenvalue weighted by atomic mass is 32.2. The quantitative estimate of drug-likeness (QED) is 0.700. The van der Waals surface area contributed by atoms with Crippen LogP contribution in [0.1, 0.15) is 30.9 Å². The molecule has 1 aliphatic rings. The lowest BCUT2D eigenvalue weighted by Gasteiger charge is -2.33. The van der Waals surface area contributed by atoms with Gasteiger partial charge in [0.05, 0.1) is 17.4 Å². The molecule has 0 N–H and O–H groups in total. The molecular weight excluding hydrogens is 400 g/mol. The second kappa shape index (κ2) is 9.18. The summed E-state index contributed by atoms with van der Waals surface area (Å²) >= 11 is 0. The standard InChI is InChI=1S/C23H30N2O4S/c1-5-29-21-10-12-22(13-11-21)30(27,28)25-14-6-7-19(16-25)23(26)24(4)20-9-8-17(2)18(3)15-20/h8-13,15,19H,5-7,14,16H2,1-4H3/t19-/m0/s1. The van der Waals surface area contributed by atoms with Crippen LogP contribution in [0, 0.1) is 19.8 Å². The second-order valence-electron chi connectivity index (χ2n) is 7.77. The van der Waals surface area contributed by atoms with Crippen molar-refractivity contribution >= 4 is 21.6 Å². The number of ether oxygens (including phenoxy) is 1. The fourth-order valence-corrected chi connectivity index (χ4v) is 5.25. The van der Waals surface area contributed by atoms with Gasteiger partial charge >= 0.3 is 0 Å². The predicted octanol–water partition coefficient (Wildman–Crippen LogP) is 3.77. The zero-order chi connectivity index (χ0) is 21.9. The number of hydrogen-bond donors (Lipinski definition) is 0. The smallest absolute Gasteiger partial charge is 0.243 e. The Bertz CT molecular complexity index is 1000. The van der Waals surface area contributed by atoms with Gasteiger partial charge in [0.1, 0.15) is 5.75 Å². The molecule has 162 valence electrons. The van der Waals surface area contributed by atoms with Crippen molar-refractivity contribution in [3.05, 3.63) is 53.6 Å². The molecule has 30 heavy (non-hydrogen) atoms. The van der Waals surface area contributed by atoms with Crippen molar-refractivity contribution in [3.8, 4) is 5.75 Å². The molecular formula is C23H30N2O4S. The molecule has 1 atom stereocenters. The number of amides is 1. The van der Waals surface area contributed by atoms with E-state index < -0.39 is 10.0 Å². The molecule has 0 unspecified atom stereocenters. The first-order valence-corrected chi connectivity index (χ1v) is 11.8. The summed E-state index contributed by atoms with van der Waals surface area (Å²) in [5.41, 5.74) is 3.12. The second-order valence-corrected chi connectivity index (χ2v) is 9.71. The minimum Gasteiger partial charge on any atom is -0.494 e. The first-order valence-electron chi connectivity index (χ1n) is 10.3. The number of hydrogen-bond acceptors (Lipinski definition) is 4. The highest BCUT2D eigenvalue weighted by Gasteiger charge is 2.34. The summed E-state index contributed by atoms with van der Waals surface area (Å²) in [5.74, 6) is 0.228. The van der Waals surface area contributed by atoms with Crippen LogP contribution in [-0.4, -0.2) is 45.4 Å². The highest BCUT2D eigenvalue weighted by molar-refractivity contribution is 7.89. The van der Waals surface area contributed by atoms with E-state index in [1.165, 1.54) is 9.87 Å². The van der Waals surface area contributed by atoms with E-state index in [1.807, 2.05) is 39.0 Å². The summed E-state index contributed by atoms with van der Waals surface area (Å²) in [5, 5.41) is 0. The average molecular weight is 431 g/mol. The Hall–Kier alpha value is -2.38. The van der Waals surface area contributed by atoms with Crippen LogP contribution in [0.3, 0.4) is 0 Å². The summed E-state index contributed by atoms with van der Waals surface area (Å²) in [6, 6.07) is 12.4. The van der Waals surface area contributed by atoms with Gasteiger partial charge in [-0.25, -0.2) is 8.42 Å². The molecule has 7 heteroatoms. The van der Waals surface area contributed by atoms with E-state index in [0.29, 0.717) is 31.7 Å². The fourth-order valence-electron chi connectivity index (χ4n) is 3.72. The number of sulfonamides is 1. The zero-order valence-corrected chi connectivity index (χ0v) is 18.9. The summed E-state index contributed by atoms with van der Waals surface area (Å²) in [6.07, 6.45) is 1.34. The Morgan fingerprint density at radius 1 is 1.13 bits per heavy atom. The van der Waals surface area contributed by atoms with E-state index in [0.717, 1.165) is 11.3 Å². The Kier molecular flexibility index (Phi) is 6.83. The molecule has 1 heterocycles. The summed E-state index contributed by atoms with van der Waals surface area (Å²) in [6.45, 7) is 7.07. The van der Waals surface area contributed by atoms with Gasteiger partial charge in [-0.05, 0) is 81.1 Å². The molecule has 0 saturated carbocycles. The van der Waals surface area contributed by atoms with Crippen LogP contribution >= 0.6 is 0 Å². The van der Waals surface area contributed by atoms with Crippen LogP contribution in [-0.2, 0) is 14.8 Å². The van der Waals surface area contributed by atoms with Crippen LogP contribution < -0.4 is 9.64 Å². The molecule has 0 aliphatic carbocycles. The highest BCUT2D eigenvalue weighted by Crippen LogP contribution is 2.27. The van der Waals surface area contributed by atoms with Crippen LogP contribution in [0.15, 0.2) is 47.4 Å². The number of aryl methyl sites for hydroxylation is 2. The first kappa shape index (κ1) is 22.3. The van der Waals surface area contributed by atoms with E-state index in [4.69, 9.17) is 4.74 Å². The minimum atomic E-state index is -3.66. The number of nitrogens with zero attached hydrogens (tertiary/aromatic N) is 2. The van der Waals surface area contributed by atoms with Gasteiger partial charge in [-0.2, -0.15) is 4.31 Å². The van der Waals surface area contributed by atoms with Crippen molar-refractivity contribution in [1.29, 1.82) is 0 Å². The van der Waals surface area contributed by atoms with Gasteiger partial charge < -0.3 is 9.64 Å². The van der Waals surface area contributed by atoms with Crippen LogP contribution in [0.2, 0.25) is 0 Å². The lowest BCUT2D eigenvalue weighted by molar-refractivity contribution is -0.123. The van der Waals surface area contributed by atoms with E-state index >= 15 is 0 Å². The fraction of sp³-hybridized carbons (Fsp3) is 0.435. The summed E-state index contributed by atoms with van der Waals surface area (Å²) < 4.78 is 33.0. The predicted molar refractivity (Wildman–Crippen MR) is 118 cm³/mol. The molecule has 3 rings (SSSR count). The van der Waals surface area contributed by atoms with Crippen molar-refractivity contribution in [2.75, 3.05) is 31.6 Å². The molecule has 1 saturated heterocycles. The number of rotatable bonds is 6. The van der Waals surface area contributed by atoms with Gasteiger partial charge in [0.25, 0.3) is 0 Å². The maximum Gasteiger partial charge on any atom is 0.243 e. The normalized spacial score (nSPS) is 17.5. The Morgan fingerprint density at radius 3 is 2.47 bits per heavy atom. The Balaban J connectivity index is 1.75. The average Bonchev–Trinajstić information content (AvgIpc) is 2.75. The van der Waals surface area contributed by atoms with Crippen molar-refractivity contribution in [2.45, 2.75) is 38.5 Å². The van der Waals surface area contributed by atoms with E-state index in [2.05, 4.69) is 0 Å². The topological polar surface area (TPSA) is 66.9 Å². The number of anilines is 1. The van der Waals surface area contributed by atoms with Gasteiger partial charge in [0, 0.05) is 25.8 Å². The van der Waals surface area contributed by atoms with Gasteiger partial charge in [0.2, 0.25) is 15.9 Å². The molecule has 0 bridgehead atoms. The SMILES string of the molecule is CCOc1ccc(S(=O)(=O)N2CCC[C@H](C(=O)N(C)c3ccc(C)c(C)c3)C2)cc1.